The number of carbonyl (C=O) groups excluding carboxylic acids is 2. The lowest BCUT2D eigenvalue weighted by Gasteiger charge is -2.32. The lowest BCUT2D eigenvalue weighted by Crippen LogP contribution is -2.44. The van der Waals surface area contributed by atoms with Crippen LogP contribution < -0.4 is 5.32 Å². The number of likely N-dealkylation sites (tertiary alicyclic amines) is 1. The second kappa shape index (κ2) is 8.81. The number of anilines is 1. The third-order valence-corrected chi connectivity index (χ3v) is 5.74. The maximum absolute atomic E-state index is 12.9. The summed E-state index contributed by atoms with van der Waals surface area (Å²) >= 11 is 1.29. The maximum Gasteiger partial charge on any atom is 0.231 e. The molecule has 2 amide bonds. The van der Waals surface area contributed by atoms with E-state index in [0.29, 0.717) is 30.6 Å². The van der Waals surface area contributed by atoms with E-state index in [9.17, 15) is 9.59 Å². The molecule has 1 aliphatic heterocycles. The Balaban J connectivity index is 1.63. The van der Waals surface area contributed by atoms with Gasteiger partial charge >= 0.3 is 0 Å². The van der Waals surface area contributed by atoms with Gasteiger partial charge in [-0.1, -0.05) is 25.2 Å². The van der Waals surface area contributed by atoms with E-state index in [2.05, 4.69) is 34.5 Å². The van der Waals surface area contributed by atoms with E-state index in [-0.39, 0.29) is 17.7 Å². The van der Waals surface area contributed by atoms with Crippen molar-refractivity contribution in [1.29, 1.82) is 0 Å². The van der Waals surface area contributed by atoms with Crippen LogP contribution in [0, 0.1) is 25.7 Å². The molecule has 0 radical (unpaired) electrons. The first-order chi connectivity index (χ1) is 13.3. The molecule has 8 nitrogen and oxygen atoms in total. The van der Waals surface area contributed by atoms with E-state index in [1.165, 1.54) is 11.3 Å². The summed E-state index contributed by atoms with van der Waals surface area (Å²) in [6.07, 6.45) is 1.93. The van der Waals surface area contributed by atoms with Gasteiger partial charge in [0, 0.05) is 30.9 Å². The number of amides is 2. The number of rotatable bonds is 6. The second-order valence-electron chi connectivity index (χ2n) is 7.81. The minimum Gasteiger partial charge on any atom is -0.342 e. The summed E-state index contributed by atoms with van der Waals surface area (Å²) in [4.78, 5) is 27.2. The Kier molecular flexibility index (Phi) is 6.43. The first-order valence-electron chi connectivity index (χ1n) is 9.72. The van der Waals surface area contributed by atoms with Gasteiger partial charge in [0.1, 0.15) is 5.51 Å². The van der Waals surface area contributed by atoms with Gasteiger partial charge in [-0.05, 0) is 32.6 Å². The van der Waals surface area contributed by atoms with Gasteiger partial charge in [-0.15, -0.1) is 10.2 Å². The Morgan fingerprint density at radius 3 is 2.82 bits per heavy atom. The molecule has 152 valence electrons. The average Bonchev–Trinajstić information content (AvgIpc) is 3.25. The zero-order valence-electron chi connectivity index (χ0n) is 16.9. The van der Waals surface area contributed by atoms with Crippen molar-refractivity contribution in [2.24, 2.45) is 11.8 Å². The number of aromatic nitrogens is 4. The molecular formula is C19H28N6O2S. The number of piperidine rings is 1. The average molecular weight is 405 g/mol. The van der Waals surface area contributed by atoms with Crippen LogP contribution in [0.3, 0.4) is 0 Å². The second-order valence-corrected chi connectivity index (χ2v) is 8.65. The molecule has 1 atom stereocenters. The largest absolute Gasteiger partial charge is 0.342 e. The van der Waals surface area contributed by atoms with Crippen LogP contribution in [0.1, 0.15) is 43.6 Å². The van der Waals surface area contributed by atoms with Crippen molar-refractivity contribution in [1.82, 2.24) is 24.9 Å². The topological polar surface area (TPSA) is 93.0 Å². The molecule has 1 aliphatic rings. The Morgan fingerprint density at radius 2 is 2.14 bits per heavy atom. The highest BCUT2D eigenvalue weighted by atomic mass is 32.1. The van der Waals surface area contributed by atoms with Crippen LogP contribution in [0.15, 0.2) is 5.51 Å². The number of nitrogens with one attached hydrogen (secondary N) is 1. The summed E-state index contributed by atoms with van der Waals surface area (Å²) in [6, 6.07) is 0. The lowest BCUT2D eigenvalue weighted by molar-refractivity contribution is -0.133. The molecule has 9 heteroatoms. The number of nitrogens with zero attached hydrogens (tertiary/aromatic N) is 5. The Bertz CT molecular complexity index is 830. The molecule has 0 aliphatic carbocycles. The van der Waals surface area contributed by atoms with Gasteiger partial charge in [0.15, 0.2) is 0 Å². The van der Waals surface area contributed by atoms with Gasteiger partial charge in [0.2, 0.25) is 16.9 Å². The summed E-state index contributed by atoms with van der Waals surface area (Å²) in [5.41, 5.74) is 4.55. The third-order valence-electron chi connectivity index (χ3n) is 5.13. The van der Waals surface area contributed by atoms with E-state index in [1.807, 2.05) is 23.4 Å². The molecule has 1 N–H and O–H groups in total. The third kappa shape index (κ3) is 4.76. The summed E-state index contributed by atoms with van der Waals surface area (Å²) in [5, 5.41) is 15.5. The van der Waals surface area contributed by atoms with Crippen molar-refractivity contribution in [3.63, 3.8) is 0 Å². The van der Waals surface area contributed by atoms with Gasteiger partial charge in [-0.3, -0.25) is 14.3 Å². The first kappa shape index (κ1) is 20.4. The fourth-order valence-corrected chi connectivity index (χ4v) is 4.08. The first-order valence-corrected chi connectivity index (χ1v) is 10.6. The van der Waals surface area contributed by atoms with Crippen molar-refractivity contribution in [2.75, 3.05) is 18.4 Å². The van der Waals surface area contributed by atoms with Crippen molar-refractivity contribution in [3.8, 4) is 0 Å². The van der Waals surface area contributed by atoms with Crippen LogP contribution >= 0.6 is 11.3 Å². The molecule has 3 heterocycles. The van der Waals surface area contributed by atoms with Crippen molar-refractivity contribution < 1.29 is 9.59 Å². The molecule has 2 aromatic rings. The smallest absolute Gasteiger partial charge is 0.231 e. The quantitative estimate of drug-likeness (QED) is 0.798. The van der Waals surface area contributed by atoms with Gasteiger partial charge < -0.3 is 10.2 Å². The summed E-state index contributed by atoms with van der Waals surface area (Å²) in [5.74, 6) is 0.249. The van der Waals surface area contributed by atoms with Gasteiger partial charge in [0.05, 0.1) is 18.0 Å². The number of carbonyl (C=O) groups is 2. The molecule has 1 saturated heterocycles. The standard InChI is InChI=1S/C19H28N6O2S/c1-12(2)9-25-14(4)16(13(3)23-25)8-17(26)24-7-5-6-15(10-24)18(27)21-19-22-20-11-28-19/h11-12,15H,5-10H2,1-4H3,(H,21,22,27)/t15-/m0/s1. The minimum atomic E-state index is -0.215. The van der Waals surface area contributed by atoms with Crippen LogP contribution in [0.25, 0.3) is 0 Å². The summed E-state index contributed by atoms with van der Waals surface area (Å²) in [7, 11) is 0. The molecule has 0 spiro atoms. The normalized spacial score (nSPS) is 17.2. The molecule has 0 unspecified atom stereocenters. The predicted octanol–water partition coefficient (Wildman–Crippen LogP) is 2.43. The van der Waals surface area contributed by atoms with Crippen LogP contribution in [-0.4, -0.2) is 49.8 Å². The number of hydrogen-bond acceptors (Lipinski definition) is 6. The zero-order chi connectivity index (χ0) is 20.3. The van der Waals surface area contributed by atoms with Gasteiger partial charge in [-0.25, -0.2) is 0 Å². The van der Waals surface area contributed by atoms with E-state index in [1.54, 1.807) is 5.51 Å². The fraction of sp³-hybridized carbons (Fsp3) is 0.632. The number of hydrogen-bond donors (Lipinski definition) is 1. The zero-order valence-corrected chi connectivity index (χ0v) is 17.8. The van der Waals surface area contributed by atoms with E-state index in [0.717, 1.165) is 36.3 Å². The van der Waals surface area contributed by atoms with Gasteiger partial charge in [-0.2, -0.15) is 5.10 Å². The summed E-state index contributed by atoms with van der Waals surface area (Å²) in [6.45, 7) is 10.3. The van der Waals surface area contributed by atoms with Crippen LogP contribution in [0.2, 0.25) is 0 Å². The van der Waals surface area contributed by atoms with Crippen molar-refractivity contribution >= 4 is 28.3 Å². The molecule has 2 aromatic heterocycles. The Morgan fingerprint density at radius 1 is 1.36 bits per heavy atom. The van der Waals surface area contributed by atoms with Crippen LogP contribution in [0.4, 0.5) is 5.13 Å². The Labute approximate surface area is 169 Å². The molecule has 0 aromatic carbocycles. The molecule has 0 saturated carbocycles. The molecule has 28 heavy (non-hydrogen) atoms. The molecule has 0 bridgehead atoms. The highest BCUT2D eigenvalue weighted by molar-refractivity contribution is 7.13. The molecule has 1 fully saturated rings. The van der Waals surface area contributed by atoms with Crippen LogP contribution in [-0.2, 0) is 22.6 Å². The molecular weight excluding hydrogens is 376 g/mol. The van der Waals surface area contributed by atoms with E-state index < -0.39 is 0 Å². The van der Waals surface area contributed by atoms with Crippen LogP contribution in [0.5, 0.6) is 0 Å². The molecule has 3 rings (SSSR count). The van der Waals surface area contributed by atoms with Crippen molar-refractivity contribution in [2.45, 2.75) is 53.5 Å². The number of aryl methyl sites for hydroxylation is 1. The summed E-state index contributed by atoms with van der Waals surface area (Å²) < 4.78 is 2.00. The van der Waals surface area contributed by atoms with E-state index >= 15 is 0 Å². The SMILES string of the molecule is Cc1nn(CC(C)C)c(C)c1CC(=O)N1CCC[C@H](C(=O)Nc2nncs2)C1. The fourth-order valence-electron chi connectivity index (χ4n) is 3.63. The lowest BCUT2D eigenvalue weighted by atomic mass is 9.96. The van der Waals surface area contributed by atoms with E-state index in [4.69, 9.17) is 0 Å². The highest BCUT2D eigenvalue weighted by Crippen LogP contribution is 2.22. The monoisotopic (exact) mass is 404 g/mol. The minimum absolute atomic E-state index is 0.0590. The highest BCUT2D eigenvalue weighted by Gasteiger charge is 2.29. The van der Waals surface area contributed by atoms with Gasteiger partial charge in [0.25, 0.3) is 0 Å². The van der Waals surface area contributed by atoms with Crippen molar-refractivity contribution in [3.05, 3.63) is 22.5 Å². The Hall–Kier alpha value is -2.29. The maximum atomic E-state index is 12.9. The predicted molar refractivity (Wildman–Crippen MR) is 108 cm³/mol.